The van der Waals surface area contributed by atoms with E-state index in [1.54, 1.807) is 6.08 Å². The standard InChI is InChI=1S/C73H137NO13/c1-3-5-7-9-11-13-15-17-19-21-23-25-27-29-30-31-33-35-37-39-41-43-45-47-49-51-53-55-57-65(78)74-61(60-84-72-70(83)68(81)71(64(59-76)86-72)87-73-69(82)67(80)66(79)63(58-75)85-73)62(77)56-54-52-50-48-46-44-42-40-38-36-34-32-28-26-24-22-20-18-16-14-12-10-8-6-4-2/h38,40,46,48,54,56,61-64,66-73,75-77,79-83H,3-37,39,41-45,47,49-53,55,57-60H2,1-2H3,(H,74,78)/b40-38+,48-46+,56-54+. The van der Waals surface area contributed by atoms with Crippen LogP contribution in [0.3, 0.4) is 0 Å². The number of carbonyl (C=O) groups is 1. The van der Waals surface area contributed by atoms with Crippen LogP contribution in [0.2, 0.25) is 0 Å². The van der Waals surface area contributed by atoms with E-state index in [1.165, 1.54) is 250 Å². The molecule has 0 aliphatic carbocycles. The van der Waals surface area contributed by atoms with Gasteiger partial charge in [0, 0.05) is 6.42 Å². The summed E-state index contributed by atoms with van der Waals surface area (Å²) < 4.78 is 22.9. The van der Waals surface area contributed by atoms with E-state index in [9.17, 15) is 45.6 Å². The molecule has 0 bridgehead atoms. The van der Waals surface area contributed by atoms with Crippen LogP contribution in [0.1, 0.15) is 328 Å². The minimum Gasteiger partial charge on any atom is -0.394 e. The second-order valence-corrected chi connectivity index (χ2v) is 26.1. The van der Waals surface area contributed by atoms with Crippen molar-refractivity contribution in [2.75, 3.05) is 19.8 Å². The fraction of sp³-hybridized carbons (Fsp3) is 0.904. The third kappa shape index (κ3) is 42.1. The lowest BCUT2D eigenvalue weighted by Crippen LogP contribution is -2.65. The Morgan fingerprint density at radius 1 is 0.402 bits per heavy atom. The molecule has 0 saturated carbocycles. The molecule has 2 aliphatic heterocycles. The van der Waals surface area contributed by atoms with E-state index >= 15 is 0 Å². The maximum Gasteiger partial charge on any atom is 0.220 e. The highest BCUT2D eigenvalue weighted by molar-refractivity contribution is 5.76. The Morgan fingerprint density at radius 2 is 0.736 bits per heavy atom. The van der Waals surface area contributed by atoms with E-state index in [0.717, 1.165) is 44.9 Å². The molecule has 1 amide bonds. The van der Waals surface area contributed by atoms with Gasteiger partial charge in [0.1, 0.15) is 48.8 Å². The number of allylic oxidation sites excluding steroid dienone is 5. The largest absolute Gasteiger partial charge is 0.394 e. The lowest BCUT2D eigenvalue weighted by atomic mass is 9.97. The smallest absolute Gasteiger partial charge is 0.220 e. The second kappa shape index (κ2) is 58.1. The molecule has 14 heteroatoms. The first-order chi connectivity index (χ1) is 42.6. The molecule has 2 fully saturated rings. The number of ether oxygens (including phenoxy) is 4. The number of aliphatic hydroxyl groups is 8. The Labute approximate surface area is 531 Å². The number of hydrogen-bond acceptors (Lipinski definition) is 13. The van der Waals surface area contributed by atoms with Gasteiger partial charge in [-0.05, 0) is 44.9 Å². The topological polar surface area (TPSA) is 228 Å². The van der Waals surface area contributed by atoms with Crippen LogP contribution < -0.4 is 5.32 Å². The van der Waals surface area contributed by atoms with Gasteiger partial charge in [-0.1, -0.05) is 314 Å². The first kappa shape index (κ1) is 81.3. The summed E-state index contributed by atoms with van der Waals surface area (Å²) in [4.78, 5) is 13.3. The predicted molar refractivity (Wildman–Crippen MR) is 355 cm³/mol. The molecule has 2 aliphatic rings. The van der Waals surface area contributed by atoms with E-state index in [1.807, 2.05) is 6.08 Å². The van der Waals surface area contributed by atoms with Crippen LogP contribution in [0, 0.1) is 0 Å². The minimum atomic E-state index is -1.79. The van der Waals surface area contributed by atoms with Gasteiger partial charge in [0.25, 0.3) is 0 Å². The van der Waals surface area contributed by atoms with E-state index < -0.39 is 86.8 Å². The Kier molecular flexibility index (Phi) is 54.3. The monoisotopic (exact) mass is 1240 g/mol. The van der Waals surface area contributed by atoms with Gasteiger partial charge in [-0.25, -0.2) is 0 Å². The molecule has 0 aromatic rings. The van der Waals surface area contributed by atoms with Crippen LogP contribution in [-0.2, 0) is 23.7 Å². The molecule has 12 unspecified atom stereocenters. The van der Waals surface area contributed by atoms with E-state index in [4.69, 9.17) is 18.9 Å². The molecule has 2 heterocycles. The third-order valence-corrected chi connectivity index (χ3v) is 18.1. The van der Waals surface area contributed by atoms with Crippen LogP contribution in [0.4, 0.5) is 0 Å². The number of aliphatic hydroxyl groups excluding tert-OH is 8. The molecule has 87 heavy (non-hydrogen) atoms. The average Bonchev–Trinajstić information content (AvgIpc) is 2.33. The minimum absolute atomic E-state index is 0.246. The maximum atomic E-state index is 13.3. The lowest BCUT2D eigenvalue weighted by molar-refractivity contribution is -0.359. The van der Waals surface area contributed by atoms with Crippen LogP contribution in [0.15, 0.2) is 36.5 Å². The van der Waals surface area contributed by atoms with Crippen molar-refractivity contribution < 1.29 is 64.6 Å². The molecule has 0 spiro atoms. The highest BCUT2D eigenvalue weighted by atomic mass is 16.7. The summed E-state index contributed by atoms with van der Waals surface area (Å²) in [5.74, 6) is -0.246. The maximum absolute atomic E-state index is 13.3. The van der Waals surface area contributed by atoms with Crippen molar-refractivity contribution in [3.05, 3.63) is 36.5 Å². The van der Waals surface area contributed by atoms with Gasteiger partial charge in [-0.2, -0.15) is 0 Å². The van der Waals surface area contributed by atoms with Gasteiger partial charge in [0.05, 0.1) is 32.0 Å². The first-order valence-electron chi connectivity index (χ1n) is 36.7. The molecular formula is C73H137NO13. The number of carbonyl (C=O) groups excluding carboxylic acids is 1. The Morgan fingerprint density at radius 3 is 1.13 bits per heavy atom. The molecule has 2 saturated heterocycles. The van der Waals surface area contributed by atoms with Gasteiger partial charge in [-0.15, -0.1) is 0 Å². The zero-order valence-electron chi connectivity index (χ0n) is 55.8. The Bertz CT molecular complexity index is 1600. The van der Waals surface area contributed by atoms with Crippen molar-refractivity contribution in [3.63, 3.8) is 0 Å². The Hall–Kier alpha value is -1.79. The fourth-order valence-corrected chi connectivity index (χ4v) is 12.2. The predicted octanol–water partition coefficient (Wildman–Crippen LogP) is 15.3. The van der Waals surface area contributed by atoms with Crippen molar-refractivity contribution in [2.24, 2.45) is 0 Å². The molecule has 9 N–H and O–H groups in total. The van der Waals surface area contributed by atoms with Crippen LogP contribution in [-0.4, -0.2) is 140 Å². The highest BCUT2D eigenvalue weighted by Gasteiger charge is 2.51. The molecule has 512 valence electrons. The molecule has 0 aromatic carbocycles. The summed E-state index contributed by atoms with van der Waals surface area (Å²) in [6, 6.07) is -0.937. The number of hydrogen-bond donors (Lipinski definition) is 9. The zero-order chi connectivity index (χ0) is 63.1. The Balaban J connectivity index is 1.68. The molecule has 12 atom stereocenters. The van der Waals surface area contributed by atoms with Gasteiger partial charge in [0.2, 0.25) is 5.91 Å². The van der Waals surface area contributed by atoms with Crippen LogP contribution in [0.25, 0.3) is 0 Å². The molecule has 2 rings (SSSR count). The normalized spacial score (nSPS) is 23.4. The van der Waals surface area contributed by atoms with Crippen molar-refractivity contribution in [1.82, 2.24) is 5.32 Å². The summed E-state index contributed by atoms with van der Waals surface area (Å²) in [6.07, 6.45) is 57.9. The van der Waals surface area contributed by atoms with Crippen LogP contribution >= 0.6 is 0 Å². The highest BCUT2D eigenvalue weighted by Crippen LogP contribution is 2.30. The molecule has 0 radical (unpaired) electrons. The molecule has 14 nitrogen and oxygen atoms in total. The van der Waals surface area contributed by atoms with Crippen molar-refractivity contribution in [3.8, 4) is 0 Å². The SMILES string of the molecule is CCCCCCCCCCCCCCCCC/C=C/CC/C=C/CC/C=C/C(O)C(COC1OC(CO)C(OC2OC(CO)C(O)C(O)C2O)C(O)C1O)NC(=O)CCCCCCCCCCCCCCCCCCCCCCCCCCCCCC. The second-order valence-electron chi connectivity index (χ2n) is 26.1. The number of nitrogens with one attached hydrogen (secondary N) is 1. The van der Waals surface area contributed by atoms with E-state index in [0.29, 0.717) is 12.8 Å². The van der Waals surface area contributed by atoms with Crippen molar-refractivity contribution in [1.29, 1.82) is 0 Å². The summed E-state index contributed by atoms with van der Waals surface area (Å²) in [5, 5.41) is 87.5. The number of amides is 1. The number of rotatable bonds is 61. The number of unbranched alkanes of at least 4 members (excludes halogenated alkanes) is 44. The molecular weight excluding hydrogens is 1100 g/mol. The summed E-state index contributed by atoms with van der Waals surface area (Å²) in [6.45, 7) is 2.83. The quantitative estimate of drug-likeness (QED) is 0.0204. The van der Waals surface area contributed by atoms with E-state index in [2.05, 4.69) is 43.5 Å². The summed E-state index contributed by atoms with van der Waals surface area (Å²) in [5.41, 5.74) is 0. The van der Waals surface area contributed by atoms with Gasteiger partial charge < -0.3 is 65.1 Å². The van der Waals surface area contributed by atoms with Crippen LogP contribution in [0.5, 0.6) is 0 Å². The van der Waals surface area contributed by atoms with Crippen molar-refractivity contribution in [2.45, 2.75) is 402 Å². The van der Waals surface area contributed by atoms with Gasteiger partial charge >= 0.3 is 0 Å². The first-order valence-corrected chi connectivity index (χ1v) is 36.7. The van der Waals surface area contributed by atoms with Gasteiger partial charge in [-0.3, -0.25) is 4.79 Å². The summed E-state index contributed by atoms with van der Waals surface area (Å²) >= 11 is 0. The zero-order valence-corrected chi connectivity index (χ0v) is 55.8. The lowest BCUT2D eigenvalue weighted by Gasteiger charge is -2.46. The fourth-order valence-electron chi connectivity index (χ4n) is 12.2. The third-order valence-electron chi connectivity index (χ3n) is 18.1. The summed E-state index contributed by atoms with van der Waals surface area (Å²) in [7, 11) is 0. The molecule has 0 aromatic heterocycles. The average molecular weight is 1240 g/mol. The van der Waals surface area contributed by atoms with Crippen molar-refractivity contribution >= 4 is 5.91 Å². The van der Waals surface area contributed by atoms with Gasteiger partial charge in [0.15, 0.2) is 12.6 Å². The van der Waals surface area contributed by atoms with E-state index in [-0.39, 0.29) is 18.9 Å².